The Morgan fingerprint density at radius 1 is 1.44 bits per heavy atom. The summed E-state index contributed by atoms with van der Waals surface area (Å²) in [7, 11) is 1.72. The number of ether oxygens (including phenoxy) is 2. The highest BCUT2D eigenvalue weighted by Crippen LogP contribution is 2.39. The molecule has 0 amide bonds. The van der Waals surface area contributed by atoms with Crippen molar-refractivity contribution in [2.45, 2.75) is 24.7 Å². The number of hydrogen-bond donors (Lipinski definition) is 1. The molecule has 3 rings (SSSR count). The predicted octanol–water partition coefficient (Wildman–Crippen LogP) is 1.42. The molecule has 2 atom stereocenters. The second kappa shape index (κ2) is 3.84. The van der Waals surface area contributed by atoms with Crippen molar-refractivity contribution >= 4 is 0 Å². The third-order valence-electron chi connectivity index (χ3n) is 3.63. The second-order valence-electron chi connectivity index (χ2n) is 4.57. The van der Waals surface area contributed by atoms with Crippen molar-refractivity contribution in [1.82, 2.24) is 5.32 Å². The fourth-order valence-electron chi connectivity index (χ4n) is 2.81. The normalized spacial score (nSPS) is 32.9. The lowest BCUT2D eigenvalue weighted by Gasteiger charge is -2.39. The third-order valence-corrected chi connectivity index (χ3v) is 3.63. The maximum atomic E-state index is 6.13. The first-order chi connectivity index (χ1) is 7.84. The summed E-state index contributed by atoms with van der Waals surface area (Å²) < 4.78 is 11.5. The molecule has 1 aromatic rings. The van der Waals surface area contributed by atoms with Crippen molar-refractivity contribution in [1.29, 1.82) is 0 Å². The first-order valence-electron chi connectivity index (χ1n) is 5.84. The zero-order valence-corrected chi connectivity index (χ0v) is 9.53. The number of methoxy groups -OCH3 is 1. The Bertz CT molecular complexity index is 385. The molecule has 3 heteroatoms. The summed E-state index contributed by atoms with van der Waals surface area (Å²) in [6.07, 6.45) is 1.79. The molecule has 3 nitrogen and oxygen atoms in total. The molecule has 2 aliphatic heterocycles. The van der Waals surface area contributed by atoms with E-state index >= 15 is 0 Å². The van der Waals surface area contributed by atoms with Gasteiger partial charge >= 0.3 is 0 Å². The van der Waals surface area contributed by atoms with Crippen LogP contribution in [0.1, 0.15) is 17.5 Å². The van der Waals surface area contributed by atoms with E-state index in [0.29, 0.717) is 0 Å². The average Bonchev–Trinajstić information content (AvgIpc) is 2.78. The Kier molecular flexibility index (Phi) is 2.46. The van der Waals surface area contributed by atoms with Crippen LogP contribution in [0.2, 0.25) is 0 Å². The van der Waals surface area contributed by atoms with Crippen LogP contribution in [-0.2, 0) is 21.5 Å². The van der Waals surface area contributed by atoms with Gasteiger partial charge in [0.1, 0.15) is 5.60 Å². The fraction of sp³-hybridized carbons (Fsp3) is 0.538. The van der Waals surface area contributed by atoms with E-state index in [0.717, 1.165) is 25.9 Å². The Hall–Kier alpha value is -0.900. The molecular formula is C13H17NO2. The van der Waals surface area contributed by atoms with Crippen LogP contribution in [0.3, 0.4) is 0 Å². The summed E-state index contributed by atoms with van der Waals surface area (Å²) in [6.45, 7) is 1.91. The van der Waals surface area contributed by atoms with Crippen molar-refractivity contribution in [3.05, 3.63) is 35.4 Å². The molecule has 1 spiro atoms. The summed E-state index contributed by atoms with van der Waals surface area (Å²) in [5.74, 6) is 0. The average molecular weight is 219 g/mol. The SMILES string of the molecule is COC1Cc2ccccc2C2(CCNC2)O1. The predicted molar refractivity (Wildman–Crippen MR) is 61.2 cm³/mol. The molecule has 86 valence electrons. The van der Waals surface area contributed by atoms with Crippen LogP contribution in [0.5, 0.6) is 0 Å². The van der Waals surface area contributed by atoms with Gasteiger partial charge < -0.3 is 14.8 Å². The summed E-state index contributed by atoms with van der Waals surface area (Å²) in [4.78, 5) is 0. The summed E-state index contributed by atoms with van der Waals surface area (Å²) >= 11 is 0. The molecule has 1 N–H and O–H groups in total. The van der Waals surface area contributed by atoms with Crippen LogP contribution >= 0.6 is 0 Å². The Morgan fingerprint density at radius 3 is 3.06 bits per heavy atom. The highest BCUT2D eigenvalue weighted by atomic mass is 16.7. The van der Waals surface area contributed by atoms with Crippen molar-refractivity contribution in [2.24, 2.45) is 0 Å². The Morgan fingerprint density at radius 2 is 2.31 bits per heavy atom. The smallest absolute Gasteiger partial charge is 0.162 e. The van der Waals surface area contributed by atoms with Gasteiger partial charge in [0, 0.05) is 20.1 Å². The van der Waals surface area contributed by atoms with E-state index in [1.54, 1.807) is 7.11 Å². The number of rotatable bonds is 1. The van der Waals surface area contributed by atoms with Crippen LogP contribution in [0.4, 0.5) is 0 Å². The molecule has 2 aliphatic rings. The van der Waals surface area contributed by atoms with Gasteiger partial charge in [-0.1, -0.05) is 24.3 Å². The van der Waals surface area contributed by atoms with E-state index in [4.69, 9.17) is 9.47 Å². The molecule has 1 aromatic carbocycles. The van der Waals surface area contributed by atoms with Gasteiger partial charge in [-0.2, -0.15) is 0 Å². The van der Waals surface area contributed by atoms with Crippen LogP contribution in [0.15, 0.2) is 24.3 Å². The van der Waals surface area contributed by atoms with Crippen LogP contribution in [-0.4, -0.2) is 26.5 Å². The van der Waals surface area contributed by atoms with Crippen molar-refractivity contribution in [2.75, 3.05) is 20.2 Å². The second-order valence-corrected chi connectivity index (χ2v) is 4.57. The topological polar surface area (TPSA) is 30.5 Å². The van der Waals surface area contributed by atoms with Crippen molar-refractivity contribution < 1.29 is 9.47 Å². The quantitative estimate of drug-likeness (QED) is 0.775. The van der Waals surface area contributed by atoms with Gasteiger partial charge in [-0.3, -0.25) is 0 Å². The molecule has 1 fully saturated rings. The van der Waals surface area contributed by atoms with Crippen LogP contribution in [0.25, 0.3) is 0 Å². The molecular weight excluding hydrogens is 202 g/mol. The van der Waals surface area contributed by atoms with Gasteiger partial charge in [-0.15, -0.1) is 0 Å². The molecule has 2 heterocycles. The van der Waals surface area contributed by atoms with Crippen molar-refractivity contribution in [3.63, 3.8) is 0 Å². The van der Waals surface area contributed by atoms with E-state index < -0.39 is 0 Å². The number of fused-ring (bicyclic) bond motifs is 2. The number of benzene rings is 1. The maximum Gasteiger partial charge on any atom is 0.162 e. The molecule has 0 aliphatic carbocycles. The first-order valence-corrected chi connectivity index (χ1v) is 5.84. The zero-order valence-electron chi connectivity index (χ0n) is 9.53. The van der Waals surface area contributed by atoms with Gasteiger partial charge in [0.15, 0.2) is 6.29 Å². The monoisotopic (exact) mass is 219 g/mol. The molecule has 2 unspecified atom stereocenters. The van der Waals surface area contributed by atoms with Gasteiger partial charge in [-0.25, -0.2) is 0 Å². The minimum absolute atomic E-state index is 0.102. The molecule has 0 radical (unpaired) electrons. The molecule has 16 heavy (non-hydrogen) atoms. The Labute approximate surface area is 95.8 Å². The summed E-state index contributed by atoms with van der Waals surface area (Å²) in [5, 5.41) is 3.39. The fourth-order valence-corrected chi connectivity index (χ4v) is 2.81. The van der Waals surface area contributed by atoms with Crippen LogP contribution in [0, 0.1) is 0 Å². The largest absolute Gasteiger partial charge is 0.355 e. The molecule has 0 bridgehead atoms. The molecule has 1 saturated heterocycles. The van der Waals surface area contributed by atoms with Gasteiger partial charge in [0.05, 0.1) is 0 Å². The highest BCUT2D eigenvalue weighted by Gasteiger charge is 2.43. The Balaban J connectivity index is 2.05. The summed E-state index contributed by atoms with van der Waals surface area (Å²) in [5.41, 5.74) is 2.55. The van der Waals surface area contributed by atoms with E-state index in [1.165, 1.54) is 11.1 Å². The minimum Gasteiger partial charge on any atom is -0.355 e. The standard InChI is InChI=1S/C13H17NO2/c1-15-12-8-10-4-2-3-5-11(10)13(16-12)6-7-14-9-13/h2-5,12,14H,6-9H2,1H3. The van der Waals surface area contributed by atoms with E-state index in [9.17, 15) is 0 Å². The van der Waals surface area contributed by atoms with Crippen LogP contribution < -0.4 is 5.32 Å². The zero-order chi connectivity index (χ0) is 11.0. The van der Waals surface area contributed by atoms with Gasteiger partial charge in [0.2, 0.25) is 0 Å². The minimum atomic E-state index is -0.157. The highest BCUT2D eigenvalue weighted by molar-refractivity contribution is 5.36. The lowest BCUT2D eigenvalue weighted by molar-refractivity contribution is -0.206. The van der Waals surface area contributed by atoms with E-state index in [1.807, 2.05) is 0 Å². The lowest BCUT2D eigenvalue weighted by atomic mass is 9.85. The van der Waals surface area contributed by atoms with E-state index in [-0.39, 0.29) is 11.9 Å². The number of hydrogen-bond acceptors (Lipinski definition) is 3. The van der Waals surface area contributed by atoms with E-state index in [2.05, 4.69) is 29.6 Å². The first kappa shape index (κ1) is 10.3. The third kappa shape index (κ3) is 1.47. The maximum absolute atomic E-state index is 6.13. The van der Waals surface area contributed by atoms with Crippen molar-refractivity contribution in [3.8, 4) is 0 Å². The van der Waals surface area contributed by atoms with Gasteiger partial charge in [0.25, 0.3) is 0 Å². The number of nitrogens with one attached hydrogen (secondary N) is 1. The molecule has 0 saturated carbocycles. The summed E-state index contributed by atoms with van der Waals surface area (Å²) in [6, 6.07) is 8.56. The van der Waals surface area contributed by atoms with Gasteiger partial charge in [-0.05, 0) is 24.1 Å². The lowest BCUT2D eigenvalue weighted by Crippen LogP contribution is -2.42. The molecule has 0 aromatic heterocycles.